The Morgan fingerprint density at radius 1 is 0.434 bits per heavy atom. The Labute approximate surface area is 307 Å². The van der Waals surface area contributed by atoms with Crippen molar-refractivity contribution >= 4 is 28.3 Å². The molecule has 1 aromatic heterocycles. The van der Waals surface area contributed by atoms with E-state index in [2.05, 4.69) is 115 Å². The van der Waals surface area contributed by atoms with Crippen molar-refractivity contribution in [1.29, 1.82) is 10.8 Å². The highest BCUT2D eigenvalue weighted by atomic mass is 15.0. The first-order chi connectivity index (χ1) is 26.1. The molecule has 0 atom stereocenters. The predicted molar refractivity (Wildman–Crippen MR) is 215 cm³/mol. The average molecular weight is 678 g/mol. The molecule has 2 N–H and O–H groups in total. The number of allylic oxidation sites excluding steroid dienone is 1. The minimum atomic E-state index is -0.542. The van der Waals surface area contributed by atoms with Crippen molar-refractivity contribution in [3.63, 3.8) is 0 Å². The van der Waals surface area contributed by atoms with Crippen molar-refractivity contribution in [2.75, 3.05) is 0 Å². The molecule has 0 bridgehead atoms. The van der Waals surface area contributed by atoms with Crippen LogP contribution in [-0.2, 0) is 5.41 Å². The van der Waals surface area contributed by atoms with Gasteiger partial charge in [-0.1, -0.05) is 158 Å². The topological polar surface area (TPSA) is 86.4 Å². The Morgan fingerprint density at radius 2 is 1.00 bits per heavy atom. The third-order valence-corrected chi connectivity index (χ3v) is 10.6. The molecule has 0 saturated carbocycles. The first-order valence-electron chi connectivity index (χ1n) is 17.7. The Hall–Kier alpha value is -7.11. The van der Waals surface area contributed by atoms with Crippen molar-refractivity contribution in [2.24, 2.45) is 0 Å². The monoisotopic (exact) mass is 677 g/mol. The lowest BCUT2D eigenvalue weighted by molar-refractivity contribution is 0.768. The normalized spacial score (nSPS) is 13.8. The van der Waals surface area contributed by atoms with E-state index in [-0.39, 0.29) is 11.4 Å². The number of rotatable bonds is 5. The number of nitrogens with one attached hydrogen (secondary N) is 2. The molecule has 5 nitrogen and oxygen atoms in total. The number of fused-ring (bicyclic) bond motifs is 6. The number of benzene rings is 7. The summed E-state index contributed by atoms with van der Waals surface area (Å²) in [6, 6.07) is 57.2. The third-order valence-electron chi connectivity index (χ3n) is 10.6. The molecule has 7 aromatic carbocycles. The minimum absolute atomic E-state index is 0.213. The first-order valence-corrected chi connectivity index (χ1v) is 17.7. The van der Waals surface area contributed by atoms with E-state index in [0.717, 1.165) is 38.6 Å². The van der Waals surface area contributed by atoms with Gasteiger partial charge in [0, 0.05) is 22.3 Å². The minimum Gasteiger partial charge on any atom is -0.299 e. The second kappa shape index (κ2) is 12.0. The van der Waals surface area contributed by atoms with E-state index in [1.165, 1.54) is 33.4 Å². The molecule has 2 aliphatic carbocycles. The molecule has 8 aromatic rings. The summed E-state index contributed by atoms with van der Waals surface area (Å²) in [5, 5.41) is 18.8. The van der Waals surface area contributed by atoms with Gasteiger partial charge in [-0.15, -0.1) is 0 Å². The zero-order valence-electron chi connectivity index (χ0n) is 28.6. The third kappa shape index (κ3) is 4.75. The van der Waals surface area contributed by atoms with E-state index >= 15 is 0 Å². The Balaban J connectivity index is 1.19. The molecule has 248 valence electrons. The van der Waals surface area contributed by atoms with E-state index in [4.69, 9.17) is 25.8 Å². The molecule has 5 heteroatoms. The molecule has 0 unspecified atom stereocenters. The van der Waals surface area contributed by atoms with Crippen LogP contribution in [-0.4, -0.2) is 26.4 Å². The number of nitrogens with zero attached hydrogens (tertiary/aromatic N) is 3. The molecule has 0 spiro atoms. The van der Waals surface area contributed by atoms with Crippen LogP contribution in [0.15, 0.2) is 170 Å². The molecule has 0 saturated heterocycles. The molecule has 0 fully saturated rings. The van der Waals surface area contributed by atoms with Crippen molar-refractivity contribution < 1.29 is 0 Å². The van der Waals surface area contributed by atoms with Gasteiger partial charge in [0.2, 0.25) is 0 Å². The lowest BCUT2D eigenvalue weighted by Crippen LogP contribution is -2.28. The smallest absolute Gasteiger partial charge is 0.164 e. The lowest BCUT2D eigenvalue weighted by Gasteiger charge is -2.34. The van der Waals surface area contributed by atoms with Gasteiger partial charge in [-0.2, -0.15) is 0 Å². The van der Waals surface area contributed by atoms with Gasteiger partial charge in [0.25, 0.3) is 0 Å². The van der Waals surface area contributed by atoms with Gasteiger partial charge in [-0.3, -0.25) is 10.8 Å². The van der Waals surface area contributed by atoms with Crippen LogP contribution >= 0.6 is 0 Å². The molecule has 53 heavy (non-hydrogen) atoms. The summed E-state index contributed by atoms with van der Waals surface area (Å²) < 4.78 is 0. The predicted octanol–water partition coefficient (Wildman–Crippen LogP) is 10.8. The van der Waals surface area contributed by atoms with E-state index in [0.29, 0.717) is 17.5 Å². The average Bonchev–Trinajstić information content (AvgIpc) is 3.53. The van der Waals surface area contributed by atoms with Gasteiger partial charge in [0.1, 0.15) is 0 Å². The van der Waals surface area contributed by atoms with Gasteiger partial charge in [-0.05, 0) is 67.9 Å². The van der Waals surface area contributed by atoms with E-state index in [1.54, 1.807) is 6.08 Å². The van der Waals surface area contributed by atoms with Gasteiger partial charge < -0.3 is 0 Å². The highest BCUT2D eigenvalue weighted by molar-refractivity contribution is 6.53. The summed E-state index contributed by atoms with van der Waals surface area (Å²) in [5.41, 5.74) is 11.6. The fraction of sp³-hybridized carbons (Fsp3) is 0.0208. The molecular weight excluding hydrogens is 647 g/mol. The van der Waals surface area contributed by atoms with E-state index in [1.807, 2.05) is 54.6 Å². The van der Waals surface area contributed by atoms with Crippen LogP contribution in [0, 0.1) is 10.8 Å². The number of hydrogen-bond donors (Lipinski definition) is 2. The maximum absolute atomic E-state index is 8.65. The molecule has 0 radical (unpaired) electrons. The molecule has 1 heterocycles. The van der Waals surface area contributed by atoms with Crippen LogP contribution in [0.2, 0.25) is 0 Å². The molecular formula is C48H31N5. The zero-order valence-corrected chi connectivity index (χ0v) is 28.6. The van der Waals surface area contributed by atoms with Crippen LogP contribution < -0.4 is 0 Å². The number of aromatic nitrogens is 3. The largest absolute Gasteiger partial charge is 0.299 e. The highest BCUT2D eigenvalue weighted by Crippen LogP contribution is 2.56. The lowest BCUT2D eigenvalue weighted by atomic mass is 9.67. The Bertz CT molecular complexity index is 2770. The maximum Gasteiger partial charge on any atom is 0.164 e. The SMILES string of the molecule is N=C1C=Cc2ccc3cc(-c4nc(-c5ccccc5)nc(-c5ccc6c(c5)C(c5ccccc5)(c5ccccc5)c5ccccc5-6)n4)ccc3c2C1=N. The van der Waals surface area contributed by atoms with E-state index in [9.17, 15) is 0 Å². The number of hydrogen-bond acceptors (Lipinski definition) is 5. The summed E-state index contributed by atoms with van der Waals surface area (Å²) in [6.45, 7) is 0. The Morgan fingerprint density at radius 3 is 1.70 bits per heavy atom. The molecule has 2 aliphatic rings. The Kier molecular flexibility index (Phi) is 6.95. The summed E-state index contributed by atoms with van der Waals surface area (Å²) in [5.74, 6) is 1.75. The van der Waals surface area contributed by atoms with Crippen LogP contribution in [0.5, 0.6) is 0 Å². The maximum atomic E-state index is 8.65. The van der Waals surface area contributed by atoms with Crippen molar-refractivity contribution in [2.45, 2.75) is 5.41 Å². The van der Waals surface area contributed by atoms with Crippen LogP contribution in [0.25, 0.3) is 62.1 Å². The fourth-order valence-electron chi connectivity index (χ4n) is 8.23. The quantitative estimate of drug-likeness (QED) is 0.190. The van der Waals surface area contributed by atoms with Gasteiger partial charge in [0.05, 0.1) is 16.8 Å². The summed E-state index contributed by atoms with van der Waals surface area (Å²) in [6.07, 6.45) is 3.59. The molecule has 0 amide bonds. The molecule has 10 rings (SSSR count). The fourth-order valence-corrected chi connectivity index (χ4v) is 8.23. The summed E-state index contributed by atoms with van der Waals surface area (Å²) in [4.78, 5) is 15.3. The van der Waals surface area contributed by atoms with Crippen LogP contribution in [0.3, 0.4) is 0 Å². The van der Waals surface area contributed by atoms with Crippen molar-refractivity contribution in [3.05, 3.63) is 203 Å². The van der Waals surface area contributed by atoms with Crippen LogP contribution in [0.4, 0.5) is 0 Å². The first kappa shape index (κ1) is 30.7. The van der Waals surface area contributed by atoms with Crippen LogP contribution in [0.1, 0.15) is 33.4 Å². The van der Waals surface area contributed by atoms with Gasteiger partial charge >= 0.3 is 0 Å². The van der Waals surface area contributed by atoms with Crippen molar-refractivity contribution in [1.82, 2.24) is 15.0 Å². The second-order valence-electron chi connectivity index (χ2n) is 13.5. The summed E-state index contributed by atoms with van der Waals surface area (Å²) in [7, 11) is 0. The van der Waals surface area contributed by atoms with E-state index < -0.39 is 5.41 Å². The highest BCUT2D eigenvalue weighted by Gasteiger charge is 2.46. The van der Waals surface area contributed by atoms with Crippen molar-refractivity contribution in [3.8, 4) is 45.3 Å². The zero-order chi connectivity index (χ0) is 35.5. The standard InChI is InChI=1S/C48H31N5/c49-42-27-24-30-20-21-32-28-33(22-25-37(32)43(30)44(42)50)46-51-45(31-12-4-1-5-13-31)52-47(53-46)34-23-26-39-38-18-10-11-19-40(38)48(41(39)29-34,35-14-6-2-7-15-35)36-16-8-3-9-17-36/h1-29,49-50H. The molecule has 0 aliphatic heterocycles. The van der Waals surface area contributed by atoms with Gasteiger partial charge in [0.15, 0.2) is 17.5 Å². The second-order valence-corrected chi connectivity index (χ2v) is 13.5. The van der Waals surface area contributed by atoms with Gasteiger partial charge in [-0.25, -0.2) is 15.0 Å². The summed E-state index contributed by atoms with van der Waals surface area (Å²) >= 11 is 0.